The summed E-state index contributed by atoms with van der Waals surface area (Å²) in [6, 6.07) is 0.643. The Morgan fingerprint density at radius 3 is 2.41 bits per heavy atom. The highest BCUT2D eigenvalue weighted by Gasteiger charge is 2.03. The summed E-state index contributed by atoms with van der Waals surface area (Å²) in [5.41, 5.74) is 0. The van der Waals surface area contributed by atoms with E-state index in [2.05, 4.69) is 38.0 Å². The van der Waals surface area contributed by atoms with Crippen LogP contribution in [0, 0.1) is 5.92 Å². The van der Waals surface area contributed by atoms with E-state index in [-0.39, 0.29) is 0 Å². The highest BCUT2D eigenvalue weighted by Crippen LogP contribution is 2.05. The third kappa shape index (κ3) is 12.1. The van der Waals surface area contributed by atoms with Crippen LogP contribution < -0.4 is 5.32 Å². The van der Waals surface area contributed by atoms with Gasteiger partial charge in [0.1, 0.15) is 0 Å². The van der Waals surface area contributed by atoms with Crippen molar-refractivity contribution in [3.05, 3.63) is 0 Å². The molecule has 0 fully saturated rings. The van der Waals surface area contributed by atoms with E-state index in [4.69, 9.17) is 4.74 Å². The van der Waals surface area contributed by atoms with E-state index >= 15 is 0 Å². The highest BCUT2D eigenvalue weighted by atomic mass is 16.5. The summed E-state index contributed by atoms with van der Waals surface area (Å²) in [5.74, 6) is 0.816. The second-order valence-corrected chi connectivity index (χ2v) is 5.48. The van der Waals surface area contributed by atoms with Gasteiger partial charge in [-0.1, -0.05) is 13.8 Å². The fourth-order valence-corrected chi connectivity index (χ4v) is 1.78. The molecule has 17 heavy (non-hydrogen) atoms. The SMILES string of the molecule is COCCCN(C)CCNC(C)CCC(C)C. The molecule has 1 atom stereocenters. The monoisotopic (exact) mass is 244 g/mol. The Balaban J connectivity index is 3.35. The summed E-state index contributed by atoms with van der Waals surface area (Å²) >= 11 is 0. The van der Waals surface area contributed by atoms with Crippen LogP contribution in [0.3, 0.4) is 0 Å². The van der Waals surface area contributed by atoms with Crippen LogP contribution in [-0.2, 0) is 4.74 Å². The molecule has 0 aliphatic carbocycles. The Bertz CT molecular complexity index is 162. The molecule has 0 saturated carbocycles. The molecule has 0 heterocycles. The minimum atomic E-state index is 0.643. The summed E-state index contributed by atoms with van der Waals surface area (Å²) in [7, 11) is 3.94. The van der Waals surface area contributed by atoms with Gasteiger partial charge in [-0.25, -0.2) is 0 Å². The number of hydrogen-bond acceptors (Lipinski definition) is 3. The molecule has 0 aliphatic heterocycles. The Hall–Kier alpha value is -0.120. The Labute approximate surface area is 108 Å². The second-order valence-electron chi connectivity index (χ2n) is 5.48. The smallest absolute Gasteiger partial charge is 0.0474 e. The van der Waals surface area contributed by atoms with Crippen molar-refractivity contribution in [2.75, 3.05) is 40.4 Å². The fraction of sp³-hybridized carbons (Fsp3) is 1.00. The van der Waals surface area contributed by atoms with Gasteiger partial charge >= 0.3 is 0 Å². The number of rotatable bonds is 11. The zero-order valence-electron chi connectivity index (χ0n) is 12.5. The van der Waals surface area contributed by atoms with Gasteiger partial charge in [0.15, 0.2) is 0 Å². The van der Waals surface area contributed by atoms with E-state index in [1.165, 1.54) is 12.8 Å². The second kappa shape index (κ2) is 11.0. The molecule has 1 N–H and O–H groups in total. The molecule has 0 aliphatic rings. The topological polar surface area (TPSA) is 24.5 Å². The zero-order valence-corrected chi connectivity index (χ0v) is 12.5. The summed E-state index contributed by atoms with van der Waals surface area (Å²) in [5, 5.41) is 3.59. The van der Waals surface area contributed by atoms with E-state index in [0.29, 0.717) is 6.04 Å². The molecule has 3 heteroatoms. The standard InChI is InChI=1S/C14H32N2O/c1-13(2)7-8-14(3)15-9-11-16(4)10-6-12-17-5/h13-15H,6-12H2,1-5H3. The molecule has 3 nitrogen and oxygen atoms in total. The van der Waals surface area contributed by atoms with Crippen LogP contribution in [0.4, 0.5) is 0 Å². The first-order chi connectivity index (χ1) is 8.06. The minimum Gasteiger partial charge on any atom is -0.385 e. The number of methoxy groups -OCH3 is 1. The molecule has 0 aromatic carbocycles. The maximum absolute atomic E-state index is 5.05. The van der Waals surface area contributed by atoms with E-state index < -0.39 is 0 Å². The molecular weight excluding hydrogens is 212 g/mol. The number of hydrogen-bond donors (Lipinski definition) is 1. The molecule has 0 spiro atoms. The lowest BCUT2D eigenvalue weighted by atomic mass is 10.0. The highest BCUT2D eigenvalue weighted by molar-refractivity contribution is 4.63. The molecule has 0 aromatic rings. The van der Waals surface area contributed by atoms with Crippen molar-refractivity contribution in [1.29, 1.82) is 0 Å². The molecule has 104 valence electrons. The van der Waals surface area contributed by atoms with Crippen LogP contribution >= 0.6 is 0 Å². The zero-order chi connectivity index (χ0) is 13.1. The van der Waals surface area contributed by atoms with Crippen molar-refractivity contribution in [1.82, 2.24) is 10.2 Å². The largest absolute Gasteiger partial charge is 0.385 e. The van der Waals surface area contributed by atoms with Crippen LogP contribution in [0.15, 0.2) is 0 Å². The molecule has 0 saturated heterocycles. The minimum absolute atomic E-state index is 0.643. The fourth-order valence-electron chi connectivity index (χ4n) is 1.78. The van der Waals surface area contributed by atoms with Crippen LogP contribution in [0.2, 0.25) is 0 Å². The third-order valence-electron chi connectivity index (χ3n) is 3.05. The Morgan fingerprint density at radius 1 is 1.12 bits per heavy atom. The van der Waals surface area contributed by atoms with Crippen LogP contribution in [0.5, 0.6) is 0 Å². The van der Waals surface area contributed by atoms with Gasteiger partial charge in [0.05, 0.1) is 0 Å². The van der Waals surface area contributed by atoms with E-state index in [0.717, 1.165) is 38.6 Å². The summed E-state index contributed by atoms with van der Waals surface area (Å²) in [4.78, 5) is 2.36. The van der Waals surface area contributed by atoms with Crippen LogP contribution in [0.25, 0.3) is 0 Å². The van der Waals surface area contributed by atoms with Crippen molar-refractivity contribution in [3.63, 3.8) is 0 Å². The molecule has 0 rings (SSSR count). The summed E-state index contributed by atoms with van der Waals surface area (Å²) < 4.78 is 5.05. The molecule has 0 bridgehead atoms. The number of nitrogens with one attached hydrogen (secondary N) is 1. The van der Waals surface area contributed by atoms with E-state index in [1.807, 2.05) is 0 Å². The quantitative estimate of drug-likeness (QED) is 0.565. The lowest BCUT2D eigenvalue weighted by Gasteiger charge is -2.19. The Kier molecular flexibility index (Phi) is 10.9. The maximum atomic E-state index is 5.05. The van der Waals surface area contributed by atoms with Crippen molar-refractivity contribution in [2.24, 2.45) is 5.92 Å². The first-order valence-electron chi connectivity index (χ1n) is 6.97. The van der Waals surface area contributed by atoms with Gasteiger partial charge in [-0.05, 0) is 39.2 Å². The van der Waals surface area contributed by atoms with Gasteiger partial charge < -0.3 is 15.0 Å². The number of likely N-dealkylation sites (N-methyl/N-ethyl adjacent to an activating group) is 1. The predicted molar refractivity (Wildman–Crippen MR) is 75.5 cm³/mol. The molecule has 0 aromatic heterocycles. The van der Waals surface area contributed by atoms with Gasteiger partial charge in [-0.15, -0.1) is 0 Å². The van der Waals surface area contributed by atoms with Crippen LogP contribution in [0.1, 0.15) is 40.0 Å². The lowest BCUT2D eigenvalue weighted by molar-refractivity contribution is 0.179. The summed E-state index contributed by atoms with van der Waals surface area (Å²) in [6.45, 7) is 11.1. The molecule has 0 amide bonds. The van der Waals surface area contributed by atoms with Crippen molar-refractivity contribution >= 4 is 0 Å². The van der Waals surface area contributed by atoms with Gasteiger partial charge in [0.25, 0.3) is 0 Å². The van der Waals surface area contributed by atoms with Crippen molar-refractivity contribution < 1.29 is 4.74 Å². The van der Waals surface area contributed by atoms with Crippen LogP contribution in [-0.4, -0.2) is 51.3 Å². The average molecular weight is 244 g/mol. The van der Waals surface area contributed by atoms with Gasteiger partial charge in [-0.3, -0.25) is 0 Å². The predicted octanol–water partition coefficient (Wildman–Crippen LogP) is 2.37. The van der Waals surface area contributed by atoms with Gasteiger partial charge in [0, 0.05) is 39.4 Å². The average Bonchev–Trinajstić information content (AvgIpc) is 2.27. The number of ether oxygens (including phenoxy) is 1. The Morgan fingerprint density at radius 2 is 1.82 bits per heavy atom. The van der Waals surface area contributed by atoms with Crippen molar-refractivity contribution in [2.45, 2.75) is 46.1 Å². The van der Waals surface area contributed by atoms with Gasteiger partial charge in [-0.2, -0.15) is 0 Å². The molecular formula is C14H32N2O. The summed E-state index contributed by atoms with van der Waals surface area (Å²) in [6.07, 6.45) is 3.72. The first kappa shape index (κ1) is 16.9. The molecule has 1 unspecified atom stereocenters. The van der Waals surface area contributed by atoms with Crippen molar-refractivity contribution in [3.8, 4) is 0 Å². The van der Waals surface area contributed by atoms with E-state index in [1.54, 1.807) is 7.11 Å². The van der Waals surface area contributed by atoms with E-state index in [9.17, 15) is 0 Å². The number of nitrogens with zero attached hydrogens (tertiary/aromatic N) is 1. The normalized spacial score (nSPS) is 13.6. The van der Waals surface area contributed by atoms with Gasteiger partial charge in [0.2, 0.25) is 0 Å². The first-order valence-corrected chi connectivity index (χ1v) is 6.97. The lowest BCUT2D eigenvalue weighted by Crippen LogP contribution is -2.35. The third-order valence-corrected chi connectivity index (χ3v) is 3.05. The molecule has 0 radical (unpaired) electrons. The maximum Gasteiger partial charge on any atom is 0.0474 e.